The predicted octanol–water partition coefficient (Wildman–Crippen LogP) is 4.93. The van der Waals surface area contributed by atoms with E-state index in [2.05, 4.69) is 15.4 Å². The maximum Gasteiger partial charge on any atom is 0.203 e. The molecule has 0 aliphatic heterocycles. The van der Waals surface area contributed by atoms with Crippen LogP contribution in [0.25, 0.3) is 17.1 Å². The van der Waals surface area contributed by atoms with Gasteiger partial charge in [0, 0.05) is 22.6 Å². The smallest absolute Gasteiger partial charge is 0.203 e. The zero-order valence-corrected chi connectivity index (χ0v) is 19.8. The monoisotopic (exact) mass is 476 g/mol. The summed E-state index contributed by atoms with van der Waals surface area (Å²) >= 11 is 1.42. The topological polar surface area (TPSA) is 91.0 Å². The lowest BCUT2D eigenvalue weighted by Crippen LogP contribution is -2.06. The van der Waals surface area contributed by atoms with Gasteiger partial charge in [-0.15, -0.1) is 10.2 Å². The summed E-state index contributed by atoms with van der Waals surface area (Å²) in [6.45, 7) is 0. The number of rotatable bonds is 9. The molecule has 0 aliphatic rings. The zero-order valence-electron chi connectivity index (χ0n) is 19.0. The van der Waals surface area contributed by atoms with Gasteiger partial charge in [-0.05, 0) is 24.3 Å². The first kappa shape index (κ1) is 23.2. The van der Waals surface area contributed by atoms with Crippen LogP contribution in [0.2, 0.25) is 0 Å². The number of para-hydroxylation sites is 1. The van der Waals surface area contributed by atoms with E-state index in [4.69, 9.17) is 14.2 Å². The average Bonchev–Trinajstić information content (AvgIpc) is 3.33. The third kappa shape index (κ3) is 4.69. The van der Waals surface area contributed by atoms with Gasteiger partial charge in [-0.1, -0.05) is 65.4 Å². The molecule has 1 aromatic heterocycles. The highest BCUT2D eigenvalue weighted by Gasteiger charge is 2.21. The molecular weight excluding hydrogens is 452 g/mol. The molecule has 0 saturated heterocycles. The van der Waals surface area contributed by atoms with Gasteiger partial charge in [0.05, 0.1) is 27.0 Å². The number of thioether (sulfide) groups is 1. The van der Waals surface area contributed by atoms with Crippen LogP contribution in [-0.2, 0) is 0 Å². The van der Waals surface area contributed by atoms with E-state index in [1.807, 2.05) is 77.4 Å². The summed E-state index contributed by atoms with van der Waals surface area (Å²) in [7, 11) is 4.71. The van der Waals surface area contributed by atoms with Gasteiger partial charge in [0.2, 0.25) is 5.75 Å². The minimum atomic E-state index is 0.404. The number of aromatic nitrogens is 3. The van der Waals surface area contributed by atoms with Crippen molar-refractivity contribution in [1.82, 2.24) is 14.8 Å². The van der Waals surface area contributed by atoms with E-state index in [1.54, 1.807) is 21.3 Å². The molecule has 0 aliphatic carbocycles. The van der Waals surface area contributed by atoms with Gasteiger partial charge in [0.25, 0.3) is 0 Å². The summed E-state index contributed by atoms with van der Waals surface area (Å²) in [4.78, 5) is 0. The third-order valence-corrected chi connectivity index (χ3v) is 6.08. The first-order chi connectivity index (χ1) is 16.7. The highest BCUT2D eigenvalue weighted by atomic mass is 32.2. The molecule has 0 saturated carbocycles. The van der Waals surface area contributed by atoms with Crippen molar-refractivity contribution < 1.29 is 19.4 Å². The number of oxime groups is 1. The molecule has 0 unspecified atom stereocenters. The van der Waals surface area contributed by atoms with Crippen LogP contribution < -0.4 is 14.2 Å². The number of ether oxygens (including phenoxy) is 3. The van der Waals surface area contributed by atoms with Crippen molar-refractivity contribution in [2.45, 2.75) is 5.16 Å². The molecule has 4 aromatic rings. The zero-order chi connectivity index (χ0) is 23.9. The lowest BCUT2D eigenvalue weighted by molar-refractivity contribution is 0.319. The second kappa shape index (κ2) is 10.8. The van der Waals surface area contributed by atoms with Gasteiger partial charge >= 0.3 is 0 Å². The van der Waals surface area contributed by atoms with Crippen molar-refractivity contribution in [2.75, 3.05) is 27.1 Å². The van der Waals surface area contributed by atoms with E-state index < -0.39 is 0 Å². The predicted molar refractivity (Wildman–Crippen MR) is 132 cm³/mol. The van der Waals surface area contributed by atoms with Crippen molar-refractivity contribution in [3.05, 3.63) is 78.4 Å². The Hall–Kier alpha value is -3.98. The molecule has 1 N–H and O–H groups in total. The standard InChI is InChI=1S/C25H24N4O4S/c1-31-21-14-18(15-22(32-2)23(21)33-3)24-26-27-25(29(24)19-12-8-5-9-13-19)34-16-20(28-30)17-10-6-4-7-11-17/h4-15,30H,16H2,1-3H3/b28-20+. The van der Waals surface area contributed by atoms with Crippen LogP contribution in [0.3, 0.4) is 0 Å². The number of hydrogen-bond acceptors (Lipinski definition) is 8. The molecule has 174 valence electrons. The molecule has 0 radical (unpaired) electrons. The van der Waals surface area contributed by atoms with E-state index in [0.29, 0.717) is 39.7 Å². The fraction of sp³-hybridized carbons (Fsp3) is 0.160. The van der Waals surface area contributed by atoms with Gasteiger partial charge in [0.1, 0.15) is 0 Å². The second-order valence-corrected chi connectivity index (χ2v) is 8.04. The molecule has 8 nitrogen and oxygen atoms in total. The molecule has 0 amide bonds. The maximum atomic E-state index is 9.58. The summed E-state index contributed by atoms with van der Waals surface area (Å²) in [5, 5.41) is 22.7. The summed E-state index contributed by atoms with van der Waals surface area (Å²) < 4.78 is 18.5. The van der Waals surface area contributed by atoms with Crippen LogP contribution in [-0.4, -0.2) is 52.8 Å². The molecule has 0 spiro atoms. The Bertz CT molecular complexity index is 1250. The van der Waals surface area contributed by atoms with E-state index in [-0.39, 0.29) is 0 Å². The number of benzene rings is 3. The van der Waals surface area contributed by atoms with Gasteiger partial charge in [-0.3, -0.25) is 4.57 Å². The molecule has 3 aromatic carbocycles. The number of nitrogens with zero attached hydrogens (tertiary/aromatic N) is 4. The van der Waals surface area contributed by atoms with Crippen LogP contribution in [0.4, 0.5) is 0 Å². The van der Waals surface area contributed by atoms with Crippen LogP contribution in [0.15, 0.2) is 83.1 Å². The molecule has 0 bridgehead atoms. The molecule has 34 heavy (non-hydrogen) atoms. The Balaban J connectivity index is 1.77. The van der Waals surface area contributed by atoms with Gasteiger partial charge in [0.15, 0.2) is 22.5 Å². The minimum absolute atomic E-state index is 0.404. The highest BCUT2D eigenvalue weighted by molar-refractivity contribution is 7.99. The summed E-state index contributed by atoms with van der Waals surface area (Å²) in [5.41, 5.74) is 3.02. The third-order valence-electron chi connectivity index (χ3n) is 5.14. The van der Waals surface area contributed by atoms with Crippen LogP contribution >= 0.6 is 11.8 Å². The molecule has 9 heteroatoms. The summed E-state index contributed by atoms with van der Waals surface area (Å²) in [6, 6.07) is 23.0. The summed E-state index contributed by atoms with van der Waals surface area (Å²) in [5.74, 6) is 2.55. The van der Waals surface area contributed by atoms with E-state index in [1.165, 1.54) is 11.8 Å². The van der Waals surface area contributed by atoms with E-state index in [0.717, 1.165) is 16.8 Å². The summed E-state index contributed by atoms with van der Waals surface area (Å²) in [6.07, 6.45) is 0. The highest BCUT2D eigenvalue weighted by Crippen LogP contribution is 2.41. The first-order valence-electron chi connectivity index (χ1n) is 10.4. The lowest BCUT2D eigenvalue weighted by atomic mass is 10.1. The van der Waals surface area contributed by atoms with Crippen molar-refractivity contribution in [2.24, 2.45) is 5.16 Å². The molecular formula is C25H24N4O4S. The fourth-order valence-corrected chi connectivity index (χ4v) is 4.41. The van der Waals surface area contributed by atoms with Gasteiger partial charge in [-0.2, -0.15) is 0 Å². The molecule has 4 rings (SSSR count). The molecule has 0 atom stereocenters. The van der Waals surface area contributed by atoms with Crippen molar-refractivity contribution in [1.29, 1.82) is 0 Å². The Kier molecular flexibility index (Phi) is 7.34. The van der Waals surface area contributed by atoms with E-state index >= 15 is 0 Å². The van der Waals surface area contributed by atoms with Gasteiger partial charge in [-0.25, -0.2) is 0 Å². The fourth-order valence-electron chi connectivity index (χ4n) is 3.50. The van der Waals surface area contributed by atoms with E-state index in [9.17, 15) is 5.21 Å². The Morgan fingerprint density at radius 1 is 0.882 bits per heavy atom. The van der Waals surface area contributed by atoms with Crippen molar-refractivity contribution in [3.63, 3.8) is 0 Å². The largest absolute Gasteiger partial charge is 0.493 e. The van der Waals surface area contributed by atoms with Crippen LogP contribution in [0, 0.1) is 0 Å². The second-order valence-electron chi connectivity index (χ2n) is 7.09. The Labute approximate surface area is 201 Å². The van der Waals surface area contributed by atoms with Crippen LogP contribution in [0.1, 0.15) is 5.56 Å². The average molecular weight is 477 g/mol. The quantitative estimate of drug-likeness (QED) is 0.158. The van der Waals surface area contributed by atoms with Crippen molar-refractivity contribution >= 4 is 17.5 Å². The normalized spacial score (nSPS) is 11.3. The lowest BCUT2D eigenvalue weighted by Gasteiger charge is -2.15. The number of hydrogen-bond donors (Lipinski definition) is 1. The van der Waals surface area contributed by atoms with Crippen molar-refractivity contribution in [3.8, 4) is 34.3 Å². The number of methoxy groups -OCH3 is 3. The first-order valence-corrected chi connectivity index (χ1v) is 11.4. The molecule has 0 fully saturated rings. The maximum absolute atomic E-state index is 9.58. The Morgan fingerprint density at radius 3 is 2.06 bits per heavy atom. The minimum Gasteiger partial charge on any atom is -0.493 e. The van der Waals surface area contributed by atoms with Crippen LogP contribution in [0.5, 0.6) is 17.2 Å². The Morgan fingerprint density at radius 2 is 1.50 bits per heavy atom. The van der Waals surface area contributed by atoms with Gasteiger partial charge < -0.3 is 19.4 Å². The molecule has 1 heterocycles. The SMILES string of the molecule is COc1cc(-c2nnc(SC/C(=N\O)c3ccccc3)n2-c2ccccc2)cc(OC)c1OC.